The fourth-order valence-corrected chi connectivity index (χ4v) is 3.80. The van der Waals surface area contributed by atoms with Crippen molar-refractivity contribution in [1.29, 1.82) is 0 Å². The van der Waals surface area contributed by atoms with Crippen LogP contribution in [0.1, 0.15) is 11.5 Å². The van der Waals surface area contributed by atoms with Gasteiger partial charge in [0.2, 0.25) is 11.7 Å². The van der Waals surface area contributed by atoms with Gasteiger partial charge in [-0.05, 0) is 30.7 Å². The molecule has 5 rings (SSSR count). The molecule has 11 heteroatoms. The van der Waals surface area contributed by atoms with Crippen molar-refractivity contribution in [1.82, 2.24) is 15.1 Å². The van der Waals surface area contributed by atoms with E-state index in [-0.39, 0.29) is 23.1 Å². The molecule has 0 unspecified atom stereocenters. The second kappa shape index (κ2) is 7.24. The number of aromatic nitrogens is 2. The molecule has 2 aliphatic rings. The minimum Gasteiger partial charge on any atom is -0.337 e. The van der Waals surface area contributed by atoms with E-state index in [4.69, 9.17) is 16.1 Å². The lowest BCUT2D eigenvalue weighted by molar-refractivity contribution is -0.123. The van der Waals surface area contributed by atoms with Crippen LogP contribution in [-0.2, 0) is 16.1 Å². The highest BCUT2D eigenvalue weighted by atomic mass is 35.5. The summed E-state index contributed by atoms with van der Waals surface area (Å²) in [7, 11) is 0. The van der Waals surface area contributed by atoms with Crippen molar-refractivity contribution in [3.8, 4) is 11.4 Å². The Balaban J connectivity index is 1.38. The van der Waals surface area contributed by atoms with Gasteiger partial charge in [0, 0.05) is 5.56 Å². The van der Waals surface area contributed by atoms with Gasteiger partial charge in [-0.25, -0.2) is 9.29 Å². The molecule has 2 atom stereocenters. The summed E-state index contributed by atoms with van der Waals surface area (Å²) in [6.07, 6.45) is 0. The molecule has 1 fully saturated rings. The van der Waals surface area contributed by atoms with E-state index in [0.717, 1.165) is 22.1 Å². The number of amides is 2. The van der Waals surface area contributed by atoms with Crippen LogP contribution in [0.4, 0.5) is 10.1 Å². The van der Waals surface area contributed by atoms with Crippen LogP contribution in [0.5, 0.6) is 0 Å². The molecule has 1 aromatic heterocycles. The van der Waals surface area contributed by atoms with Gasteiger partial charge in [-0.3, -0.25) is 14.6 Å². The first-order valence-electron chi connectivity index (χ1n) is 9.33. The second-order valence-electron chi connectivity index (χ2n) is 7.13. The number of carbonyl (C=O) groups excluding carboxylic acids is 2. The Labute approximate surface area is 180 Å². The zero-order chi connectivity index (χ0) is 21.7. The lowest BCUT2D eigenvalue weighted by Crippen LogP contribution is -2.39. The van der Waals surface area contributed by atoms with Crippen LogP contribution < -0.4 is 4.90 Å². The summed E-state index contributed by atoms with van der Waals surface area (Å²) in [6, 6.07) is 9.26. The maximum Gasteiger partial charge on any atom is 0.263 e. The number of imide groups is 1. The average molecular weight is 441 g/mol. The predicted molar refractivity (Wildman–Crippen MR) is 106 cm³/mol. The van der Waals surface area contributed by atoms with E-state index in [1.165, 1.54) is 17.1 Å². The van der Waals surface area contributed by atoms with Gasteiger partial charge in [0.25, 0.3) is 11.8 Å². The van der Waals surface area contributed by atoms with Crippen LogP contribution in [0.3, 0.4) is 0 Å². The van der Waals surface area contributed by atoms with Crippen LogP contribution >= 0.6 is 11.6 Å². The summed E-state index contributed by atoms with van der Waals surface area (Å²) in [6.45, 7) is 1.93. The molecule has 156 valence electrons. The monoisotopic (exact) mass is 440 g/mol. The quantitative estimate of drug-likeness (QED) is 0.576. The van der Waals surface area contributed by atoms with E-state index in [1.807, 2.05) is 31.2 Å². The van der Waals surface area contributed by atoms with Gasteiger partial charge < -0.3 is 4.52 Å². The number of hydrogen-bond acceptors (Lipinski definition) is 8. The van der Waals surface area contributed by atoms with Crippen molar-refractivity contribution in [2.45, 2.75) is 25.6 Å². The number of nitrogens with zero attached hydrogens (tertiary/aromatic N) is 6. The number of anilines is 1. The van der Waals surface area contributed by atoms with Crippen molar-refractivity contribution in [2.24, 2.45) is 10.3 Å². The van der Waals surface area contributed by atoms with Crippen LogP contribution in [0, 0.1) is 12.7 Å². The lowest BCUT2D eigenvalue weighted by Gasteiger charge is -2.19. The third-order valence-electron chi connectivity index (χ3n) is 5.17. The maximum absolute atomic E-state index is 13.5. The fourth-order valence-electron chi connectivity index (χ4n) is 3.62. The summed E-state index contributed by atoms with van der Waals surface area (Å²) in [5, 5.41) is 13.0. The predicted octanol–water partition coefficient (Wildman–Crippen LogP) is 3.33. The molecule has 31 heavy (non-hydrogen) atoms. The zero-order valence-electron chi connectivity index (χ0n) is 16.1. The number of aryl methyl sites for hydroxylation is 1. The molecule has 0 radical (unpaired) electrons. The van der Waals surface area contributed by atoms with Gasteiger partial charge in [0.15, 0.2) is 12.1 Å². The molecule has 0 spiro atoms. The molecule has 9 nitrogen and oxygen atoms in total. The zero-order valence-corrected chi connectivity index (χ0v) is 16.8. The maximum atomic E-state index is 13.5. The molecule has 1 saturated heterocycles. The number of halogens is 2. The molecular formula is C20H14ClFN6O3. The van der Waals surface area contributed by atoms with E-state index < -0.39 is 29.7 Å². The number of fused-ring (bicyclic) bond motifs is 1. The molecule has 2 aromatic carbocycles. The van der Waals surface area contributed by atoms with Gasteiger partial charge in [0.05, 0.1) is 10.7 Å². The molecule has 0 bridgehead atoms. The van der Waals surface area contributed by atoms with Crippen molar-refractivity contribution in [2.75, 3.05) is 4.90 Å². The highest BCUT2D eigenvalue weighted by Crippen LogP contribution is 2.34. The molecule has 0 N–H and O–H groups in total. The van der Waals surface area contributed by atoms with E-state index in [2.05, 4.69) is 20.5 Å². The van der Waals surface area contributed by atoms with E-state index in [1.54, 1.807) is 0 Å². The van der Waals surface area contributed by atoms with E-state index in [9.17, 15) is 14.0 Å². The SMILES string of the molecule is Cc1ccccc1-c1noc(CN2N=N[C@H]3C(=O)N(c4ccc(F)c(Cl)c4)C(=O)[C@H]32)n1. The second-order valence-corrected chi connectivity index (χ2v) is 7.54. The Morgan fingerprint density at radius 2 is 1.97 bits per heavy atom. The van der Waals surface area contributed by atoms with Gasteiger partial charge in [-0.15, -0.1) is 0 Å². The summed E-state index contributed by atoms with van der Waals surface area (Å²) < 4.78 is 18.8. The Kier molecular flexibility index (Phi) is 4.51. The van der Waals surface area contributed by atoms with Crippen molar-refractivity contribution in [3.05, 3.63) is 64.8 Å². The first-order valence-corrected chi connectivity index (χ1v) is 9.70. The van der Waals surface area contributed by atoms with E-state index in [0.29, 0.717) is 5.82 Å². The Hall–Kier alpha value is -3.66. The minimum atomic E-state index is -1.00. The van der Waals surface area contributed by atoms with Gasteiger partial charge in [-0.2, -0.15) is 10.1 Å². The summed E-state index contributed by atoms with van der Waals surface area (Å²) >= 11 is 5.80. The number of hydrogen-bond donors (Lipinski definition) is 0. The third kappa shape index (κ3) is 3.15. The molecule has 2 aliphatic heterocycles. The molecule has 0 aliphatic carbocycles. The number of rotatable bonds is 4. The average Bonchev–Trinajstić information content (AvgIpc) is 3.43. The van der Waals surface area contributed by atoms with Crippen molar-refractivity contribution < 1.29 is 18.5 Å². The lowest BCUT2D eigenvalue weighted by atomic mass is 10.1. The molecule has 0 saturated carbocycles. The standard InChI is InChI=1S/C20H14ClFN6O3/c1-10-4-2-3-5-12(10)18-23-15(31-25-18)9-27-17-16(24-26-27)19(29)28(20(17)30)11-6-7-14(22)13(21)8-11/h2-8,16-17H,9H2,1H3/t16-,17+/m1/s1. The third-order valence-corrected chi connectivity index (χ3v) is 5.46. The van der Waals surface area contributed by atoms with Crippen LogP contribution in [-0.4, -0.2) is 39.0 Å². The van der Waals surface area contributed by atoms with Gasteiger partial charge in [0.1, 0.15) is 12.4 Å². The van der Waals surface area contributed by atoms with Gasteiger partial charge >= 0.3 is 0 Å². The highest BCUT2D eigenvalue weighted by Gasteiger charge is 2.55. The van der Waals surface area contributed by atoms with E-state index >= 15 is 0 Å². The topological polar surface area (TPSA) is 104 Å². The number of carbonyl (C=O) groups is 2. The smallest absolute Gasteiger partial charge is 0.263 e. The minimum absolute atomic E-state index is 0.000577. The molecule has 3 aromatic rings. The molecule has 2 amide bonds. The molecule has 3 heterocycles. The van der Waals surface area contributed by atoms with Crippen LogP contribution in [0.15, 0.2) is 57.3 Å². The van der Waals surface area contributed by atoms with Crippen molar-refractivity contribution in [3.63, 3.8) is 0 Å². The first kappa shape index (κ1) is 19.3. The molecular weight excluding hydrogens is 427 g/mol. The van der Waals surface area contributed by atoms with Crippen LogP contribution in [0.25, 0.3) is 11.4 Å². The Morgan fingerprint density at radius 3 is 2.74 bits per heavy atom. The first-order chi connectivity index (χ1) is 14.9. The summed E-state index contributed by atoms with van der Waals surface area (Å²) in [4.78, 5) is 31.1. The summed E-state index contributed by atoms with van der Waals surface area (Å²) in [5.74, 6) is -1.11. The van der Waals surface area contributed by atoms with Crippen molar-refractivity contribution >= 4 is 29.1 Å². The Bertz CT molecular complexity index is 1250. The normalized spacial score (nSPS) is 20.1. The summed E-state index contributed by atoms with van der Waals surface area (Å²) in [5.41, 5.74) is 1.98. The van der Waals surface area contributed by atoms with Gasteiger partial charge in [-0.1, -0.05) is 46.2 Å². The number of benzene rings is 2. The van der Waals surface area contributed by atoms with Crippen LogP contribution in [0.2, 0.25) is 5.02 Å². The fraction of sp³-hybridized carbons (Fsp3) is 0.200. The Morgan fingerprint density at radius 1 is 1.16 bits per heavy atom. The highest BCUT2D eigenvalue weighted by molar-refractivity contribution is 6.32. The largest absolute Gasteiger partial charge is 0.337 e.